The van der Waals surface area contributed by atoms with Gasteiger partial charge in [0, 0.05) is 29.0 Å². The summed E-state index contributed by atoms with van der Waals surface area (Å²) in [4.78, 5) is 18.8. The Hall–Kier alpha value is -5.01. The number of anilines is 2. The Morgan fingerprint density at radius 1 is 1.21 bits per heavy atom. The first-order valence-corrected chi connectivity index (χ1v) is 14.2. The van der Waals surface area contributed by atoms with Crippen LogP contribution in [0, 0.1) is 16.7 Å². The Kier molecular flexibility index (Phi) is 8.83. The molecule has 4 aromatic rings. The van der Waals surface area contributed by atoms with E-state index in [1.165, 1.54) is 11.1 Å². The molecule has 0 spiro atoms. The van der Waals surface area contributed by atoms with Crippen LogP contribution in [0.5, 0.6) is 0 Å². The minimum atomic E-state index is -1.01. The number of fused-ring (bicyclic) bond motifs is 1. The Bertz CT molecular complexity index is 1730. The fourth-order valence-electron chi connectivity index (χ4n) is 5.18. The van der Waals surface area contributed by atoms with Crippen molar-refractivity contribution in [1.29, 1.82) is 10.7 Å². The number of nitriles is 1. The van der Waals surface area contributed by atoms with Crippen LogP contribution in [0.25, 0.3) is 10.9 Å². The number of hydrazone groups is 1. The molecule has 2 atom stereocenters. The number of likely N-dealkylation sites (tertiary alicyclic amines) is 1. The molecule has 1 aliphatic heterocycles. The predicted octanol–water partition coefficient (Wildman–Crippen LogP) is 6.23. The molecule has 5 N–H and O–H groups in total. The molecule has 11 heteroatoms. The molecule has 2 heterocycles. The molecule has 0 bridgehead atoms. The number of halogens is 2. The van der Waals surface area contributed by atoms with E-state index in [0.29, 0.717) is 44.0 Å². The minimum absolute atomic E-state index is 0.0641. The van der Waals surface area contributed by atoms with E-state index < -0.39 is 12.2 Å². The Morgan fingerprint density at radius 3 is 2.60 bits per heavy atom. The van der Waals surface area contributed by atoms with Crippen molar-refractivity contribution in [2.45, 2.75) is 31.6 Å². The normalized spacial score (nSPS) is 14.8. The minimum Gasteiger partial charge on any atom is -0.377 e. The SMILES string of the molecule is CC[C@@H](Nc1c(C#N)cnc2c(Cl)cc(N[C@H](C(C=N)=NN)c3cccc(C(=O)N4CC(F)C4)c3)cc12)c1ccccc1. The Balaban J connectivity index is 1.55. The number of carbonyl (C=O) groups is 1. The van der Waals surface area contributed by atoms with Gasteiger partial charge in [-0.05, 0) is 41.8 Å². The van der Waals surface area contributed by atoms with E-state index >= 15 is 0 Å². The molecular weight excluding hydrogens is 567 g/mol. The third kappa shape index (κ3) is 6.12. The molecule has 0 unspecified atom stereocenters. The molecule has 1 aliphatic rings. The number of hydrogen-bond acceptors (Lipinski definition) is 8. The molecule has 1 amide bonds. The van der Waals surface area contributed by atoms with Crippen LogP contribution in [0.3, 0.4) is 0 Å². The number of alkyl halides is 1. The summed E-state index contributed by atoms with van der Waals surface area (Å²) in [6.07, 6.45) is 2.29. The number of benzene rings is 3. The maximum absolute atomic E-state index is 13.4. The van der Waals surface area contributed by atoms with E-state index in [4.69, 9.17) is 22.9 Å². The number of nitrogens with two attached hydrogens (primary N) is 1. The van der Waals surface area contributed by atoms with Crippen LogP contribution in [-0.4, -0.2) is 47.0 Å². The lowest BCUT2D eigenvalue weighted by Crippen LogP contribution is -2.51. The maximum Gasteiger partial charge on any atom is 0.254 e. The monoisotopic (exact) mass is 596 g/mol. The van der Waals surface area contributed by atoms with Crippen LogP contribution in [0.2, 0.25) is 5.02 Å². The number of amides is 1. The molecule has 43 heavy (non-hydrogen) atoms. The molecule has 1 aromatic heterocycles. The quantitative estimate of drug-likeness (QED) is 0.0970. The van der Waals surface area contributed by atoms with Crippen molar-refractivity contribution in [3.05, 3.63) is 100 Å². The number of pyridine rings is 1. The van der Waals surface area contributed by atoms with E-state index in [-0.39, 0.29) is 30.8 Å². The molecule has 1 saturated heterocycles. The second-order valence-electron chi connectivity index (χ2n) is 10.2. The van der Waals surface area contributed by atoms with E-state index in [0.717, 1.165) is 18.2 Å². The third-order valence-corrected chi connectivity index (χ3v) is 7.76. The number of nitrogens with zero attached hydrogens (tertiary/aromatic N) is 4. The molecule has 0 radical (unpaired) electrons. The van der Waals surface area contributed by atoms with Crippen molar-refractivity contribution < 1.29 is 9.18 Å². The molecule has 218 valence electrons. The Labute approximate surface area is 253 Å². The van der Waals surface area contributed by atoms with Crippen LogP contribution in [0.4, 0.5) is 15.8 Å². The second kappa shape index (κ2) is 12.9. The molecular formula is C32H30ClFN8O. The van der Waals surface area contributed by atoms with Gasteiger partial charge in [0.2, 0.25) is 0 Å². The topological polar surface area (TPSA) is 143 Å². The van der Waals surface area contributed by atoms with Crippen molar-refractivity contribution in [1.82, 2.24) is 9.88 Å². The summed E-state index contributed by atoms with van der Waals surface area (Å²) in [6.45, 7) is 2.19. The van der Waals surface area contributed by atoms with Crippen LogP contribution in [0.1, 0.15) is 52.5 Å². The molecule has 9 nitrogen and oxygen atoms in total. The fraction of sp³-hybridized carbons (Fsp3) is 0.219. The van der Waals surface area contributed by atoms with Gasteiger partial charge in [0.1, 0.15) is 18.0 Å². The largest absolute Gasteiger partial charge is 0.377 e. The highest BCUT2D eigenvalue weighted by Gasteiger charge is 2.31. The predicted molar refractivity (Wildman–Crippen MR) is 169 cm³/mol. The first-order chi connectivity index (χ1) is 20.9. The first kappa shape index (κ1) is 29.5. The number of carbonyl (C=O) groups excluding carboxylic acids is 1. The number of hydrogen-bond donors (Lipinski definition) is 4. The van der Waals surface area contributed by atoms with Crippen LogP contribution < -0.4 is 16.5 Å². The zero-order chi connectivity index (χ0) is 30.5. The van der Waals surface area contributed by atoms with Gasteiger partial charge in [-0.2, -0.15) is 10.4 Å². The summed E-state index contributed by atoms with van der Waals surface area (Å²) in [6, 6.07) is 21.8. The molecule has 1 fully saturated rings. The first-order valence-electron chi connectivity index (χ1n) is 13.8. The zero-order valence-corrected chi connectivity index (χ0v) is 24.1. The second-order valence-corrected chi connectivity index (χ2v) is 10.6. The van der Waals surface area contributed by atoms with Crippen LogP contribution in [-0.2, 0) is 0 Å². The summed E-state index contributed by atoms with van der Waals surface area (Å²) in [5, 5.41) is 29.6. The van der Waals surface area contributed by atoms with Crippen LogP contribution in [0.15, 0.2) is 78.0 Å². The van der Waals surface area contributed by atoms with Crippen molar-refractivity contribution in [3.63, 3.8) is 0 Å². The van der Waals surface area contributed by atoms with Crippen molar-refractivity contribution in [2.24, 2.45) is 10.9 Å². The number of aromatic nitrogens is 1. The fourth-order valence-corrected chi connectivity index (χ4v) is 5.45. The molecule has 0 saturated carbocycles. The molecule has 5 rings (SSSR count). The van der Waals surface area contributed by atoms with Gasteiger partial charge in [-0.15, -0.1) is 0 Å². The van der Waals surface area contributed by atoms with Crippen molar-refractivity contribution >= 4 is 51.7 Å². The maximum atomic E-state index is 13.4. The lowest BCUT2D eigenvalue weighted by molar-refractivity contribution is 0.0400. The van der Waals surface area contributed by atoms with Gasteiger partial charge >= 0.3 is 0 Å². The van der Waals surface area contributed by atoms with Crippen molar-refractivity contribution in [2.75, 3.05) is 23.7 Å². The van der Waals surface area contributed by atoms with E-state index in [9.17, 15) is 14.4 Å². The van der Waals surface area contributed by atoms with Gasteiger partial charge in [-0.3, -0.25) is 9.78 Å². The summed E-state index contributed by atoms with van der Waals surface area (Å²) >= 11 is 6.74. The van der Waals surface area contributed by atoms with Gasteiger partial charge < -0.3 is 26.8 Å². The lowest BCUT2D eigenvalue weighted by Gasteiger charge is -2.34. The van der Waals surface area contributed by atoms with Crippen LogP contribution >= 0.6 is 11.6 Å². The third-order valence-electron chi connectivity index (χ3n) is 7.47. The molecule has 0 aliphatic carbocycles. The zero-order valence-electron chi connectivity index (χ0n) is 23.4. The summed E-state index contributed by atoms with van der Waals surface area (Å²) < 4.78 is 13.4. The van der Waals surface area contributed by atoms with Crippen molar-refractivity contribution in [3.8, 4) is 6.07 Å². The average Bonchev–Trinajstić information content (AvgIpc) is 3.02. The summed E-state index contributed by atoms with van der Waals surface area (Å²) in [7, 11) is 0. The highest BCUT2D eigenvalue weighted by molar-refractivity contribution is 6.36. The van der Waals surface area contributed by atoms with E-state index in [2.05, 4.69) is 33.7 Å². The number of rotatable bonds is 10. The Morgan fingerprint density at radius 2 is 1.95 bits per heavy atom. The standard InChI is InChI=1S/C32H30ClFN8O/c1-2-27(19-7-4-3-5-8-19)40-29-22(14-35)16-38-31-25(29)12-24(13-26(31)33)39-30(28(15-36)41-37)20-9-6-10-21(11-20)32(43)42-17-23(34)18-42/h3-13,15-16,23,27,30,36,39H,2,17-18,37H2,1H3,(H,38,40)/t27-,30+/m1/s1. The smallest absolute Gasteiger partial charge is 0.254 e. The number of nitrogens with one attached hydrogen (secondary N) is 3. The average molecular weight is 597 g/mol. The van der Waals surface area contributed by atoms with Gasteiger partial charge in [0.25, 0.3) is 5.91 Å². The van der Waals surface area contributed by atoms with Gasteiger partial charge in [-0.25, -0.2) is 4.39 Å². The lowest BCUT2D eigenvalue weighted by atomic mass is 9.98. The van der Waals surface area contributed by atoms with Gasteiger partial charge in [0.15, 0.2) is 0 Å². The van der Waals surface area contributed by atoms with Gasteiger partial charge in [0.05, 0.1) is 47.0 Å². The highest BCUT2D eigenvalue weighted by Crippen LogP contribution is 2.37. The summed E-state index contributed by atoms with van der Waals surface area (Å²) in [5.41, 5.74) is 4.30. The van der Waals surface area contributed by atoms with E-state index in [1.807, 2.05) is 36.4 Å². The summed E-state index contributed by atoms with van der Waals surface area (Å²) in [5.74, 6) is 5.39. The van der Waals surface area contributed by atoms with E-state index in [1.54, 1.807) is 30.3 Å². The van der Waals surface area contributed by atoms with Gasteiger partial charge in [-0.1, -0.05) is 61.0 Å². The molecule has 3 aromatic carbocycles. The highest BCUT2D eigenvalue weighted by atomic mass is 35.5.